The first kappa shape index (κ1) is 17.3. The Balaban J connectivity index is 2.46. The van der Waals surface area contributed by atoms with Gasteiger partial charge in [-0.05, 0) is 17.5 Å². The van der Waals surface area contributed by atoms with Crippen LogP contribution in [0.5, 0.6) is 0 Å². The summed E-state index contributed by atoms with van der Waals surface area (Å²) >= 11 is 0. The molecule has 0 heterocycles. The van der Waals surface area contributed by atoms with Gasteiger partial charge < -0.3 is 0 Å². The largest absolute Gasteiger partial charge is 0.282 e. The maximum atomic E-state index is 9.09. The molecule has 0 atom stereocenters. The SMILES string of the molecule is CC(C)(C)C=NC(=NC(=N)c1ccccc1)c1cccc(C#N)c1. The summed E-state index contributed by atoms with van der Waals surface area (Å²) in [5, 5.41) is 17.3. The molecule has 120 valence electrons. The Morgan fingerprint density at radius 2 is 1.71 bits per heavy atom. The van der Waals surface area contributed by atoms with Crippen LogP contribution in [-0.2, 0) is 0 Å². The zero-order valence-electron chi connectivity index (χ0n) is 14.1. The summed E-state index contributed by atoms with van der Waals surface area (Å²) in [5.41, 5.74) is 1.87. The predicted molar refractivity (Wildman–Crippen MR) is 98.9 cm³/mol. The van der Waals surface area contributed by atoms with Crippen LogP contribution in [0.1, 0.15) is 37.5 Å². The van der Waals surface area contributed by atoms with E-state index in [2.05, 4.69) is 16.1 Å². The van der Waals surface area contributed by atoms with Gasteiger partial charge in [0.25, 0.3) is 0 Å². The summed E-state index contributed by atoms with van der Waals surface area (Å²) in [5.74, 6) is 0.565. The van der Waals surface area contributed by atoms with Crippen LogP contribution in [0.15, 0.2) is 64.6 Å². The van der Waals surface area contributed by atoms with Gasteiger partial charge in [0, 0.05) is 17.3 Å². The Labute approximate surface area is 142 Å². The third kappa shape index (κ3) is 4.99. The molecule has 0 saturated carbocycles. The van der Waals surface area contributed by atoms with E-state index >= 15 is 0 Å². The van der Waals surface area contributed by atoms with Crippen molar-refractivity contribution < 1.29 is 0 Å². The first-order chi connectivity index (χ1) is 11.4. The van der Waals surface area contributed by atoms with E-state index in [-0.39, 0.29) is 11.3 Å². The van der Waals surface area contributed by atoms with Crippen LogP contribution in [0.25, 0.3) is 0 Å². The first-order valence-corrected chi connectivity index (χ1v) is 7.67. The molecule has 0 unspecified atom stereocenters. The lowest BCUT2D eigenvalue weighted by atomic mass is 9.99. The van der Waals surface area contributed by atoms with Crippen molar-refractivity contribution in [3.05, 3.63) is 71.3 Å². The number of hydrogen-bond donors (Lipinski definition) is 1. The highest BCUT2D eigenvalue weighted by Gasteiger charge is 2.10. The smallest absolute Gasteiger partial charge is 0.161 e. The van der Waals surface area contributed by atoms with Gasteiger partial charge in [-0.25, -0.2) is 9.98 Å². The molecule has 1 N–H and O–H groups in total. The van der Waals surface area contributed by atoms with E-state index in [0.717, 1.165) is 11.1 Å². The summed E-state index contributed by atoms with van der Waals surface area (Å²) in [4.78, 5) is 8.87. The molecule has 4 nitrogen and oxygen atoms in total. The number of amidine groups is 2. The molecule has 0 radical (unpaired) electrons. The van der Waals surface area contributed by atoms with Crippen LogP contribution >= 0.6 is 0 Å². The molecule has 2 aromatic carbocycles. The number of benzene rings is 2. The summed E-state index contributed by atoms with van der Waals surface area (Å²) < 4.78 is 0. The van der Waals surface area contributed by atoms with E-state index < -0.39 is 0 Å². The molecule has 24 heavy (non-hydrogen) atoms. The minimum absolute atomic E-state index is 0.109. The van der Waals surface area contributed by atoms with Gasteiger partial charge >= 0.3 is 0 Å². The lowest BCUT2D eigenvalue weighted by molar-refractivity contribution is 0.607. The molecule has 0 aliphatic rings. The van der Waals surface area contributed by atoms with Crippen molar-refractivity contribution >= 4 is 17.9 Å². The summed E-state index contributed by atoms with van der Waals surface area (Å²) in [6.45, 7) is 6.13. The van der Waals surface area contributed by atoms with Gasteiger partial charge in [-0.2, -0.15) is 5.26 Å². The molecule has 0 saturated heterocycles. The van der Waals surface area contributed by atoms with Crippen LogP contribution in [0.4, 0.5) is 0 Å². The molecule has 0 spiro atoms. The molecule has 0 amide bonds. The van der Waals surface area contributed by atoms with E-state index in [1.54, 1.807) is 18.2 Å². The van der Waals surface area contributed by atoms with Crippen LogP contribution < -0.4 is 0 Å². The van der Waals surface area contributed by atoms with Crippen molar-refractivity contribution in [3.63, 3.8) is 0 Å². The fourth-order valence-corrected chi connectivity index (χ4v) is 1.92. The average molecular weight is 316 g/mol. The molecule has 4 heteroatoms. The Morgan fingerprint density at radius 3 is 2.33 bits per heavy atom. The fourth-order valence-electron chi connectivity index (χ4n) is 1.92. The molecule has 0 aliphatic heterocycles. The second-order valence-electron chi connectivity index (χ2n) is 6.47. The molecule has 0 aromatic heterocycles. The van der Waals surface area contributed by atoms with Crippen molar-refractivity contribution in [1.29, 1.82) is 10.7 Å². The average Bonchev–Trinajstić information content (AvgIpc) is 2.58. The monoisotopic (exact) mass is 316 g/mol. The second kappa shape index (κ2) is 7.47. The van der Waals surface area contributed by atoms with Crippen molar-refractivity contribution in [2.45, 2.75) is 20.8 Å². The molecule has 0 fully saturated rings. The zero-order valence-corrected chi connectivity index (χ0v) is 14.1. The van der Waals surface area contributed by atoms with Crippen molar-refractivity contribution in [1.82, 2.24) is 0 Å². The molecular weight excluding hydrogens is 296 g/mol. The van der Waals surface area contributed by atoms with E-state index in [1.165, 1.54) is 0 Å². The predicted octanol–water partition coefficient (Wildman–Crippen LogP) is 4.45. The summed E-state index contributed by atoms with van der Waals surface area (Å²) in [7, 11) is 0. The number of nitrogens with zero attached hydrogens (tertiary/aromatic N) is 3. The maximum Gasteiger partial charge on any atom is 0.161 e. The van der Waals surface area contributed by atoms with E-state index in [0.29, 0.717) is 11.4 Å². The highest BCUT2D eigenvalue weighted by molar-refractivity contribution is 6.12. The number of aliphatic imine (C=N–C) groups is 2. The van der Waals surface area contributed by atoms with Gasteiger partial charge in [-0.3, -0.25) is 5.41 Å². The molecule has 0 bridgehead atoms. The normalized spacial score (nSPS) is 12.2. The quantitative estimate of drug-likeness (QED) is 0.645. The molecule has 0 aliphatic carbocycles. The Hall–Kier alpha value is -3.06. The van der Waals surface area contributed by atoms with Gasteiger partial charge in [0.2, 0.25) is 0 Å². The van der Waals surface area contributed by atoms with E-state index in [1.807, 2.05) is 63.4 Å². The first-order valence-electron chi connectivity index (χ1n) is 7.67. The van der Waals surface area contributed by atoms with Crippen LogP contribution in [0, 0.1) is 22.2 Å². The standard InChI is InChI=1S/C20H20N4/c1-20(2,3)14-23-19(17-11-7-8-15(12-17)13-21)24-18(22)16-9-5-4-6-10-16/h4-12,14,22H,1-3H3. The highest BCUT2D eigenvalue weighted by atomic mass is 14.9. The summed E-state index contributed by atoms with van der Waals surface area (Å²) in [6.07, 6.45) is 1.81. The van der Waals surface area contributed by atoms with Gasteiger partial charge in [-0.15, -0.1) is 0 Å². The topological polar surface area (TPSA) is 72.4 Å². The highest BCUT2D eigenvalue weighted by Crippen LogP contribution is 2.13. The zero-order chi connectivity index (χ0) is 17.6. The minimum Gasteiger partial charge on any atom is -0.282 e. The number of rotatable bonds is 2. The second-order valence-corrected chi connectivity index (χ2v) is 6.47. The van der Waals surface area contributed by atoms with Crippen molar-refractivity contribution in [2.24, 2.45) is 15.4 Å². The van der Waals surface area contributed by atoms with Crippen LogP contribution in [0.3, 0.4) is 0 Å². The fraction of sp³-hybridized carbons (Fsp3) is 0.200. The molecule has 2 rings (SSSR count). The summed E-state index contributed by atoms with van der Waals surface area (Å²) in [6, 6.07) is 18.5. The van der Waals surface area contributed by atoms with Gasteiger partial charge in [-0.1, -0.05) is 63.2 Å². The van der Waals surface area contributed by atoms with Crippen LogP contribution in [-0.4, -0.2) is 17.9 Å². The Bertz CT molecular complexity index is 819. The third-order valence-electron chi connectivity index (χ3n) is 3.09. The maximum absolute atomic E-state index is 9.09. The Morgan fingerprint density at radius 1 is 1.04 bits per heavy atom. The Kier molecular flexibility index (Phi) is 5.39. The number of nitrogens with one attached hydrogen (secondary N) is 1. The van der Waals surface area contributed by atoms with Gasteiger partial charge in [0.05, 0.1) is 11.6 Å². The molecular formula is C20H20N4. The van der Waals surface area contributed by atoms with Crippen molar-refractivity contribution in [2.75, 3.05) is 0 Å². The molecule has 2 aromatic rings. The van der Waals surface area contributed by atoms with Gasteiger partial charge in [0.15, 0.2) is 11.7 Å². The lowest BCUT2D eigenvalue weighted by Gasteiger charge is -2.11. The van der Waals surface area contributed by atoms with E-state index in [4.69, 9.17) is 10.7 Å². The minimum atomic E-state index is -0.109. The number of nitriles is 1. The number of hydrogen-bond acceptors (Lipinski definition) is 2. The van der Waals surface area contributed by atoms with E-state index in [9.17, 15) is 0 Å². The van der Waals surface area contributed by atoms with Crippen molar-refractivity contribution in [3.8, 4) is 6.07 Å². The van der Waals surface area contributed by atoms with Crippen LogP contribution in [0.2, 0.25) is 0 Å². The van der Waals surface area contributed by atoms with Gasteiger partial charge in [0.1, 0.15) is 0 Å². The third-order valence-corrected chi connectivity index (χ3v) is 3.09. The lowest BCUT2D eigenvalue weighted by Crippen LogP contribution is -2.10.